The van der Waals surface area contributed by atoms with Crippen molar-refractivity contribution in [3.05, 3.63) is 28.8 Å². The lowest BCUT2D eigenvalue weighted by Crippen LogP contribution is -3.16. The molecule has 112 valence electrons. The summed E-state index contributed by atoms with van der Waals surface area (Å²) in [6.07, 6.45) is 1.62. The summed E-state index contributed by atoms with van der Waals surface area (Å²) in [5, 5.41) is 0.821. The molecular weight excluding hydrogens is 274 g/mol. The highest BCUT2D eigenvalue weighted by Crippen LogP contribution is 2.22. The van der Waals surface area contributed by atoms with Gasteiger partial charge in [-0.15, -0.1) is 0 Å². The first-order valence-electron chi connectivity index (χ1n) is 7.48. The standard InChI is InChI=1S/C16H24ClNO2/c1-4-14-9-15(5-6-16(14)17)19-8-7-18-10-12(2)20-13(3)11-18/h5-6,9,12-13H,4,7-8,10-11H2,1-3H3/p+1/t12-,13+. The molecule has 1 unspecified atom stereocenters. The van der Waals surface area contributed by atoms with E-state index in [2.05, 4.69) is 20.8 Å². The molecule has 1 fully saturated rings. The van der Waals surface area contributed by atoms with Crippen molar-refractivity contribution in [3.8, 4) is 5.75 Å². The molecule has 1 N–H and O–H groups in total. The van der Waals surface area contributed by atoms with Gasteiger partial charge in [-0.25, -0.2) is 0 Å². The van der Waals surface area contributed by atoms with E-state index in [9.17, 15) is 0 Å². The van der Waals surface area contributed by atoms with Crippen LogP contribution in [0.5, 0.6) is 5.75 Å². The first kappa shape index (κ1) is 15.6. The SMILES string of the molecule is CCc1cc(OCC[NH+]2C[C@@H](C)O[C@@H](C)C2)ccc1Cl. The summed E-state index contributed by atoms with van der Waals surface area (Å²) < 4.78 is 11.6. The summed E-state index contributed by atoms with van der Waals surface area (Å²) in [7, 11) is 0. The zero-order valence-electron chi connectivity index (χ0n) is 12.6. The van der Waals surface area contributed by atoms with Crippen molar-refractivity contribution in [1.82, 2.24) is 0 Å². The third-order valence-electron chi connectivity index (χ3n) is 3.74. The van der Waals surface area contributed by atoms with Gasteiger partial charge in [0.25, 0.3) is 0 Å². The third-order valence-corrected chi connectivity index (χ3v) is 4.11. The molecule has 0 spiro atoms. The summed E-state index contributed by atoms with van der Waals surface area (Å²) in [4.78, 5) is 1.56. The minimum atomic E-state index is 0.343. The van der Waals surface area contributed by atoms with Gasteiger partial charge in [0.2, 0.25) is 0 Å². The van der Waals surface area contributed by atoms with Gasteiger partial charge >= 0.3 is 0 Å². The third kappa shape index (κ3) is 4.37. The molecule has 2 rings (SSSR count). The van der Waals surface area contributed by atoms with Crippen LogP contribution < -0.4 is 9.64 Å². The Morgan fingerprint density at radius 3 is 2.65 bits per heavy atom. The van der Waals surface area contributed by atoms with Crippen molar-refractivity contribution in [2.75, 3.05) is 26.2 Å². The highest BCUT2D eigenvalue weighted by molar-refractivity contribution is 6.31. The second-order valence-corrected chi connectivity index (χ2v) is 6.03. The molecule has 1 aliphatic rings. The Morgan fingerprint density at radius 1 is 1.30 bits per heavy atom. The molecular formula is C16H25ClNO2+. The van der Waals surface area contributed by atoms with E-state index in [1.807, 2.05) is 18.2 Å². The van der Waals surface area contributed by atoms with Gasteiger partial charge in [0, 0.05) is 5.02 Å². The van der Waals surface area contributed by atoms with Gasteiger partial charge in [0.15, 0.2) is 0 Å². The number of benzene rings is 1. The van der Waals surface area contributed by atoms with Crippen molar-refractivity contribution in [3.63, 3.8) is 0 Å². The first-order valence-corrected chi connectivity index (χ1v) is 7.86. The van der Waals surface area contributed by atoms with Crippen LogP contribution in [0.3, 0.4) is 0 Å². The summed E-state index contributed by atoms with van der Waals surface area (Å²) >= 11 is 6.11. The van der Waals surface area contributed by atoms with E-state index in [-0.39, 0.29) is 0 Å². The minimum Gasteiger partial charge on any atom is -0.488 e. The lowest BCUT2D eigenvalue weighted by molar-refractivity contribution is -0.915. The molecule has 0 saturated carbocycles. The molecule has 1 aliphatic heterocycles. The predicted octanol–water partition coefficient (Wildman–Crippen LogP) is 1.97. The fourth-order valence-corrected chi connectivity index (χ4v) is 3.07. The van der Waals surface area contributed by atoms with Crippen LogP contribution in [0.1, 0.15) is 26.3 Å². The maximum absolute atomic E-state index is 6.11. The van der Waals surface area contributed by atoms with E-state index >= 15 is 0 Å². The van der Waals surface area contributed by atoms with Crippen LogP contribution in [-0.4, -0.2) is 38.4 Å². The number of hydrogen-bond acceptors (Lipinski definition) is 2. The number of ether oxygens (including phenoxy) is 2. The number of nitrogens with one attached hydrogen (secondary N) is 1. The van der Waals surface area contributed by atoms with Gasteiger partial charge in [0.1, 0.15) is 44.2 Å². The van der Waals surface area contributed by atoms with Gasteiger partial charge in [-0.2, -0.15) is 0 Å². The van der Waals surface area contributed by atoms with Crippen LogP contribution in [0, 0.1) is 0 Å². The van der Waals surface area contributed by atoms with Crippen molar-refractivity contribution in [2.24, 2.45) is 0 Å². The topological polar surface area (TPSA) is 22.9 Å². The van der Waals surface area contributed by atoms with Crippen molar-refractivity contribution in [2.45, 2.75) is 39.4 Å². The Balaban J connectivity index is 1.81. The molecule has 0 amide bonds. The van der Waals surface area contributed by atoms with E-state index in [4.69, 9.17) is 21.1 Å². The van der Waals surface area contributed by atoms with Crippen molar-refractivity contribution < 1.29 is 14.4 Å². The Kier molecular flexibility index (Phi) is 5.70. The lowest BCUT2D eigenvalue weighted by atomic mass is 10.1. The molecule has 20 heavy (non-hydrogen) atoms. The molecule has 3 atom stereocenters. The van der Waals surface area contributed by atoms with Crippen LogP contribution >= 0.6 is 11.6 Å². The Hall–Kier alpha value is -0.770. The normalized spacial score (nSPS) is 26.5. The fourth-order valence-electron chi connectivity index (χ4n) is 2.82. The largest absolute Gasteiger partial charge is 0.488 e. The van der Waals surface area contributed by atoms with E-state index in [1.165, 1.54) is 0 Å². The molecule has 0 bridgehead atoms. The summed E-state index contributed by atoms with van der Waals surface area (Å²) in [5.41, 5.74) is 1.14. The molecule has 1 heterocycles. The molecule has 3 nitrogen and oxygen atoms in total. The minimum absolute atomic E-state index is 0.343. The second kappa shape index (κ2) is 7.30. The molecule has 4 heteroatoms. The zero-order valence-corrected chi connectivity index (χ0v) is 13.4. The molecule has 0 radical (unpaired) electrons. The van der Waals surface area contributed by atoms with Gasteiger partial charge in [-0.05, 0) is 44.0 Å². The Morgan fingerprint density at radius 2 is 2.00 bits per heavy atom. The molecule has 1 saturated heterocycles. The Bertz CT molecular complexity index is 428. The molecule has 1 aromatic rings. The Labute approximate surface area is 126 Å². The van der Waals surface area contributed by atoms with Crippen LogP contribution in [0.2, 0.25) is 5.02 Å². The van der Waals surface area contributed by atoms with Gasteiger partial charge < -0.3 is 14.4 Å². The van der Waals surface area contributed by atoms with Crippen molar-refractivity contribution >= 4 is 11.6 Å². The predicted molar refractivity (Wildman–Crippen MR) is 81.9 cm³/mol. The highest BCUT2D eigenvalue weighted by Gasteiger charge is 2.25. The van der Waals surface area contributed by atoms with E-state index < -0.39 is 0 Å². The smallest absolute Gasteiger partial charge is 0.137 e. The second-order valence-electron chi connectivity index (χ2n) is 5.62. The van der Waals surface area contributed by atoms with E-state index in [0.29, 0.717) is 12.2 Å². The van der Waals surface area contributed by atoms with Crippen LogP contribution in [0.15, 0.2) is 18.2 Å². The van der Waals surface area contributed by atoms with Gasteiger partial charge in [0.05, 0.1) is 0 Å². The monoisotopic (exact) mass is 298 g/mol. The van der Waals surface area contributed by atoms with E-state index in [0.717, 1.165) is 49.0 Å². The van der Waals surface area contributed by atoms with Crippen LogP contribution in [0.4, 0.5) is 0 Å². The maximum atomic E-state index is 6.11. The maximum Gasteiger partial charge on any atom is 0.137 e. The zero-order chi connectivity index (χ0) is 14.5. The number of aryl methyl sites for hydroxylation is 1. The molecule has 0 aromatic heterocycles. The van der Waals surface area contributed by atoms with E-state index in [1.54, 1.807) is 4.90 Å². The number of morpholine rings is 1. The fraction of sp³-hybridized carbons (Fsp3) is 0.625. The molecule has 0 aliphatic carbocycles. The first-order chi connectivity index (χ1) is 9.58. The van der Waals surface area contributed by atoms with Crippen LogP contribution in [0.25, 0.3) is 0 Å². The summed E-state index contributed by atoms with van der Waals surface area (Å²) in [6, 6.07) is 5.91. The average molecular weight is 299 g/mol. The number of halogens is 1. The highest BCUT2D eigenvalue weighted by atomic mass is 35.5. The van der Waals surface area contributed by atoms with Crippen molar-refractivity contribution in [1.29, 1.82) is 0 Å². The lowest BCUT2D eigenvalue weighted by Gasteiger charge is -2.32. The molecule has 1 aromatic carbocycles. The number of rotatable bonds is 5. The number of quaternary nitrogens is 1. The number of hydrogen-bond donors (Lipinski definition) is 1. The quantitative estimate of drug-likeness (QED) is 0.898. The van der Waals surface area contributed by atoms with Gasteiger partial charge in [-0.1, -0.05) is 18.5 Å². The summed E-state index contributed by atoms with van der Waals surface area (Å²) in [6.45, 7) is 10.3. The summed E-state index contributed by atoms with van der Waals surface area (Å²) in [5.74, 6) is 0.917. The average Bonchev–Trinajstić information content (AvgIpc) is 2.39. The van der Waals surface area contributed by atoms with Gasteiger partial charge in [-0.3, -0.25) is 0 Å². The van der Waals surface area contributed by atoms with Crippen LogP contribution in [-0.2, 0) is 11.2 Å².